The van der Waals surface area contributed by atoms with E-state index < -0.39 is 11.7 Å². The summed E-state index contributed by atoms with van der Waals surface area (Å²) in [6.07, 6.45) is -4.36. The summed E-state index contributed by atoms with van der Waals surface area (Å²) in [5.74, 6) is 3.21. The van der Waals surface area contributed by atoms with Crippen LogP contribution in [0.2, 0.25) is 0 Å². The Morgan fingerprint density at radius 2 is 1.71 bits per heavy atom. The number of anilines is 2. The van der Waals surface area contributed by atoms with Crippen LogP contribution in [-0.2, 0) is 6.18 Å². The molecule has 0 aliphatic carbocycles. The molecule has 2 heterocycles. The second-order valence-corrected chi connectivity index (χ2v) is 6.76. The highest BCUT2D eigenvalue weighted by atomic mass is 32.2. The van der Waals surface area contributed by atoms with Gasteiger partial charge in [-0.2, -0.15) is 24.9 Å². The molecule has 0 unspecified atom stereocenters. The lowest BCUT2D eigenvalue weighted by Crippen LogP contribution is -2.34. The lowest BCUT2D eigenvalue weighted by molar-refractivity contribution is -0.137. The van der Waals surface area contributed by atoms with E-state index in [2.05, 4.69) is 14.9 Å². The number of thioether (sulfide) groups is 1. The summed E-state index contributed by atoms with van der Waals surface area (Å²) in [7, 11) is 0. The number of alkyl halides is 3. The van der Waals surface area contributed by atoms with Crippen LogP contribution in [0.25, 0.3) is 11.3 Å². The Morgan fingerprint density at radius 3 is 2.29 bits per heavy atom. The quantitative estimate of drug-likeness (QED) is 0.893. The van der Waals surface area contributed by atoms with Gasteiger partial charge in [-0.05, 0) is 19.1 Å². The summed E-state index contributed by atoms with van der Waals surface area (Å²) < 4.78 is 38.1. The molecule has 1 fully saturated rings. The second kappa shape index (κ2) is 6.51. The predicted octanol–water partition coefficient (Wildman–Crippen LogP) is 3.61. The van der Waals surface area contributed by atoms with E-state index in [-0.39, 0.29) is 0 Å². The van der Waals surface area contributed by atoms with Gasteiger partial charge in [0.15, 0.2) is 5.82 Å². The molecule has 2 N–H and O–H groups in total. The first-order valence-corrected chi connectivity index (χ1v) is 8.66. The summed E-state index contributed by atoms with van der Waals surface area (Å²) in [4.78, 5) is 10.9. The summed E-state index contributed by atoms with van der Waals surface area (Å²) >= 11 is 1.88. The monoisotopic (exact) mass is 354 g/mol. The first-order chi connectivity index (χ1) is 11.4. The first kappa shape index (κ1) is 16.9. The minimum absolute atomic E-state index is 0.409. The number of benzene rings is 1. The van der Waals surface area contributed by atoms with Crippen LogP contribution in [-0.4, -0.2) is 34.6 Å². The highest BCUT2D eigenvalue weighted by Crippen LogP contribution is 2.34. The van der Waals surface area contributed by atoms with Crippen LogP contribution < -0.4 is 10.6 Å². The molecule has 0 radical (unpaired) electrons. The molecular weight excluding hydrogens is 337 g/mol. The van der Waals surface area contributed by atoms with Crippen molar-refractivity contribution in [1.82, 2.24) is 9.97 Å². The van der Waals surface area contributed by atoms with Crippen molar-refractivity contribution in [2.75, 3.05) is 35.2 Å². The van der Waals surface area contributed by atoms with E-state index >= 15 is 0 Å². The minimum Gasteiger partial charge on any atom is -0.394 e. The number of nitrogens with two attached hydrogens (primary N) is 1. The van der Waals surface area contributed by atoms with E-state index in [0.717, 1.165) is 36.7 Å². The molecule has 8 heteroatoms. The van der Waals surface area contributed by atoms with Crippen molar-refractivity contribution in [1.29, 1.82) is 0 Å². The second-order valence-electron chi connectivity index (χ2n) is 5.53. The van der Waals surface area contributed by atoms with E-state index in [4.69, 9.17) is 5.73 Å². The Morgan fingerprint density at radius 1 is 1.08 bits per heavy atom. The number of nitrogens with zero attached hydrogens (tertiary/aromatic N) is 3. The van der Waals surface area contributed by atoms with Gasteiger partial charge in [-0.1, -0.05) is 12.1 Å². The fourth-order valence-electron chi connectivity index (χ4n) is 2.62. The SMILES string of the molecule is Cc1nc(-c2ccc(C(F)(F)F)cc2)c(N)c(N2CCSCC2)n1. The van der Waals surface area contributed by atoms with Gasteiger partial charge in [-0.3, -0.25) is 0 Å². The van der Waals surface area contributed by atoms with Crippen LogP contribution in [0.3, 0.4) is 0 Å². The Labute approximate surface area is 142 Å². The summed E-state index contributed by atoms with van der Waals surface area (Å²) in [5.41, 5.74) is 6.99. The van der Waals surface area contributed by atoms with Gasteiger partial charge in [0, 0.05) is 30.2 Å². The molecule has 0 amide bonds. The van der Waals surface area contributed by atoms with Gasteiger partial charge in [0.25, 0.3) is 0 Å². The number of nitrogen functional groups attached to an aromatic ring is 1. The average molecular weight is 354 g/mol. The number of aryl methyl sites for hydroxylation is 1. The van der Waals surface area contributed by atoms with Gasteiger partial charge in [0.1, 0.15) is 11.5 Å². The van der Waals surface area contributed by atoms with Crippen molar-refractivity contribution in [3.63, 3.8) is 0 Å². The first-order valence-electron chi connectivity index (χ1n) is 7.50. The molecule has 128 valence electrons. The zero-order valence-corrected chi connectivity index (χ0v) is 13.9. The lowest BCUT2D eigenvalue weighted by atomic mass is 10.1. The summed E-state index contributed by atoms with van der Waals surface area (Å²) in [6.45, 7) is 3.45. The maximum Gasteiger partial charge on any atom is 0.416 e. The van der Waals surface area contributed by atoms with Crippen LogP contribution in [0.5, 0.6) is 0 Å². The van der Waals surface area contributed by atoms with Gasteiger partial charge in [-0.25, -0.2) is 9.97 Å². The standard InChI is InChI=1S/C16H17F3N4S/c1-10-21-14(11-2-4-12(5-3-11)16(17,18)19)13(20)15(22-10)23-6-8-24-9-7-23/h2-5H,6-9,20H2,1H3. The van der Waals surface area contributed by atoms with E-state index in [9.17, 15) is 13.2 Å². The maximum absolute atomic E-state index is 12.7. The molecule has 1 aromatic carbocycles. The molecule has 0 atom stereocenters. The van der Waals surface area contributed by atoms with Crippen LogP contribution in [0.15, 0.2) is 24.3 Å². The largest absolute Gasteiger partial charge is 0.416 e. The lowest BCUT2D eigenvalue weighted by Gasteiger charge is -2.29. The zero-order valence-electron chi connectivity index (χ0n) is 13.1. The molecular formula is C16H17F3N4S. The third-order valence-corrected chi connectivity index (χ3v) is 4.78. The van der Waals surface area contributed by atoms with Crippen LogP contribution in [0.1, 0.15) is 11.4 Å². The molecule has 3 rings (SSSR count). The van der Waals surface area contributed by atoms with Crippen molar-refractivity contribution in [3.05, 3.63) is 35.7 Å². The molecule has 24 heavy (non-hydrogen) atoms. The molecule has 0 bridgehead atoms. The van der Waals surface area contributed by atoms with Gasteiger partial charge in [-0.15, -0.1) is 0 Å². The molecule has 1 saturated heterocycles. The Balaban J connectivity index is 2.00. The maximum atomic E-state index is 12.7. The topological polar surface area (TPSA) is 55.0 Å². The van der Waals surface area contributed by atoms with E-state index in [1.165, 1.54) is 12.1 Å². The third kappa shape index (κ3) is 3.43. The molecule has 2 aromatic rings. The van der Waals surface area contributed by atoms with Crippen molar-refractivity contribution in [3.8, 4) is 11.3 Å². The molecule has 0 saturated carbocycles. The average Bonchev–Trinajstić information content (AvgIpc) is 2.57. The van der Waals surface area contributed by atoms with Crippen molar-refractivity contribution < 1.29 is 13.2 Å². The van der Waals surface area contributed by atoms with E-state index in [1.807, 2.05) is 11.8 Å². The van der Waals surface area contributed by atoms with Gasteiger partial charge >= 0.3 is 6.18 Å². The smallest absolute Gasteiger partial charge is 0.394 e. The molecule has 0 spiro atoms. The normalized spacial score (nSPS) is 15.6. The van der Waals surface area contributed by atoms with E-state index in [0.29, 0.717) is 28.6 Å². The molecule has 1 aliphatic rings. The number of hydrogen-bond acceptors (Lipinski definition) is 5. The zero-order chi connectivity index (χ0) is 17.3. The molecule has 4 nitrogen and oxygen atoms in total. The Kier molecular flexibility index (Phi) is 4.58. The highest BCUT2D eigenvalue weighted by Gasteiger charge is 2.30. The van der Waals surface area contributed by atoms with Gasteiger partial charge < -0.3 is 10.6 Å². The van der Waals surface area contributed by atoms with Crippen molar-refractivity contribution in [2.45, 2.75) is 13.1 Å². The molecule has 1 aromatic heterocycles. The highest BCUT2D eigenvalue weighted by molar-refractivity contribution is 7.99. The number of halogens is 3. The fraction of sp³-hybridized carbons (Fsp3) is 0.375. The number of rotatable bonds is 2. The van der Waals surface area contributed by atoms with Crippen LogP contribution in [0, 0.1) is 6.92 Å². The Hall–Kier alpha value is -1.96. The van der Waals surface area contributed by atoms with E-state index in [1.54, 1.807) is 6.92 Å². The summed E-state index contributed by atoms with van der Waals surface area (Å²) in [5, 5.41) is 0. The van der Waals surface area contributed by atoms with Crippen LogP contribution >= 0.6 is 11.8 Å². The summed E-state index contributed by atoms with van der Waals surface area (Å²) in [6, 6.07) is 4.89. The Bertz CT molecular complexity index is 725. The van der Waals surface area contributed by atoms with Crippen molar-refractivity contribution >= 4 is 23.3 Å². The fourth-order valence-corrected chi connectivity index (χ4v) is 3.52. The van der Waals surface area contributed by atoms with Crippen molar-refractivity contribution in [2.24, 2.45) is 0 Å². The van der Waals surface area contributed by atoms with Crippen LogP contribution in [0.4, 0.5) is 24.7 Å². The predicted molar refractivity (Wildman–Crippen MR) is 91.2 cm³/mol. The van der Waals surface area contributed by atoms with Gasteiger partial charge in [0.2, 0.25) is 0 Å². The molecule has 1 aliphatic heterocycles. The number of aromatic nitrogens is 2. The third-order valence-electron chi connectivity index (χ3n) is 3.83. The number of hydrogen-bond donors (Lipinski definition) is 1. The minimum atomic E-state index is -4.36. The van der Waals surface area contributed by atoms with Gasteiger partial charge in [0.05, 0.1) is 11.3 Å².